The van der Waals surface area contributed by atoms with E-state index in [0.717, 1.165) is 5.56 Å². The Morgan fingerprint density at radius 1 is 1.15 bits per heavy atom. The Labute approximate surface area is 118 Å². The van der Waals surface area contributed by atoms with Gasteiger partial charge in [0.05, 0.1) is 13.3 Å². The van der Waals surface area contributed by atoms with Crippen LogP contribution in [-0.2, 0) is 0 Å². The van der Waals surface area contributed by atoms with E-state index < -0.39 is 0 Å². The van der Waals surface area contributed by atoms with E-state index in [-0.39, 0.29) is 5.92 Å². The highest BCUT2D eigenvalue weighted by Gasteiger charge is 2.13. The van der Waals surface area contributed by atoms with Crippen molar-refractivity contribution >= 4 is 5.82 Å². The second-order valence-corrected chi connectivity index (χ2v) is 4.69. The quantitative estimate of drug-likeness (QED) is 0.922. The van der Waals surface area contributed by atoms with Gasteiger partial charge in [-0.15, -0.1) is 0 Å². The van der Waals surface area contributed by atoms with Gasteiger partial charge in [-0.05, 0) is 12.8 Å². The molecule has 0 atom stereocenters. The highest BCUT2D eigenvalue weighted by atomic mass is 16.5. The van der Waals surface area contributed by atoms with Gasteiger partial charge in [-0.3, -0.25) is 0 Å². The van der Waals surface area contributed by atoms with Gasteiger partial charge >= 0.3 is 0 Å². The van der Waals surface area contributed by atoms with Crippen LogP contribution in [0, 0.1) is 6.92 Å². The van der Waals surface area contributed by atoms with Crippen LogP contribution in [0.25, 0.3) is 0 Å². The number of anilines is 1. The van der Waals surface area contributed by atoms with Crippen molar-refractivity contribution in [1.82, 2.24) is 15.0 Å². The van der Waals surface area contributed by atoms with E-state index in [1.54, 1.807) is 32.5 Å². The Bertz CT molecular complexity index is 614. The fourth-order valence-electron chi connectivity index (χ4n) is 1.74. The first-order valence-electron chi connectivity index (χ1n) is 6.32. The van der Waals surface area contributed by atoms with Crippen molar-refractivity contribution in [2.75, 3.05) is 12.8 Å². The number of aryl methyl sites for hydroxylation is 1. The summed E-state index contributed by atoms with van der Waals surface area (Å²) in [6, 6.07) is 1.73. The topological polar surface area (TPSA) is 83.2 Å². The number of nitrogens with zero attached hydrogens (tertiary/aromatic N) is 3. The van der Waals surface area contributed by atoms with Crippen molar-refractivity contribution in [1.29, 1.82) is 0 Å². The van der Waals surface area contributed by atoms with E-state index in [1.807, 2.05) is 0 Å². The van der Waals surface area contributed by atoms with Gasteiger partial charge in [0, 0.05) is 17.8 Å². The second-order valence-electron chi connectivity index (χ2n) is 4.69. The van der Waals surface area contributed by atoms with Crippen LogP contribution in [0.4, 0.5) is 5.82 Å². The Hall–Kier alpha value is -2.37. The van der Waals surface area contributed by atoms with Gasteiger partial charge in [-0.1, -0.05) is 13.8 Å². The molecule has 0 saturated carbocycles. The fraction of sp³-hybridized carbons (Fsp3) is 0.357. The third-order valence-electron chi connectivity index (χ3n) is 2.82. The summed E-state index contributed by atoms with van der Waals surface area (Å²) < 4.78 is 11.0. The maximum absolute atomic E-state index is 5.84. The highest BCUT2D eigenvalue weighted by molar-refractivity contribution is 5.48. The molecule has 0 aromatic carbocycles. The molecule has 2 aromatic rings. The Morgan fingerprint density at radius 3 is 2.50 bits per heavy atom. The summed E-state index contributed by atoms with van der Waals surface area (Å²) in [7, 11) is 1.56. The lowest BCUT2D eigenvalue weighted by molar-refractivity contribution is 0.390. The lowest BCUT2D eigenvalue weighted by atomic mass is 10.0. The van der Waals surface area contributed by atoms with E-state index in [9.17, 15) is 0 Å². The number of hydrogen-bond acceptors (Lipinski definition) is 6. The molecule has 2 aromatic heterocycles. The zero-order valence-corrected chi connectivity index (χ0v) is 12.0. The number of nitrogen functional groups attached to an aromatic ring is 1. The van der Waals surface area contributed by atoms with Crippen LogP contribution < -0.4 is 15.2 Å². The SMILES string of the molecule is COc1cc(Oc2cnc(C)nc2N)c(C(C)C)cn1. The van der Waals surface area contributed by atoms with E-state index in [1.165, 1.54) is 0 Å². The monoisotopic (exact) mass is 274 g/mol. The van der Waals surface area contributed by atoms with Gasteiger partial charge in [-0.2, -0.15) is 0 Å². The third kappa shape index (κ3) is 2.96. The van der Waals surface area contributed by atoms with Crippen LogP contribution in [0.3, 0.4) is 0 Å². The molecule has 0 radical (unpaired) electrons. The smallest absolute Gasteiger partial charge is 0.216 e. The van der Waals surface area contributed by atoms with E-state index >= 15 is 0 Å². The zero-order chi connectivity index (χ0) is 14.7. The average molecular weight is 274 g/mol. The van der Waals surface area contributed by atoms with Crippen LogP contribution in [-0.4, -0.2) is 22.1 Å². The molecule has 0 saturated heterocycles. The molecule has 20 heavy (non-hydrogen) atoms. The first-order valence-corrected chi connectivity index (χ1v) is 6.32. The summed E-state index contributed by atoms with van der Waals surface area (Å²) in [5.74, 6) is 2.72. The van der Waals surface area contributed by atoms with Crippen molar-refractivity contribution in [3.05, 3.63) is 29.8 Å². The van der Waals surface area contributed by atoms with Crippen molar-refractivity contribution in [3.63, 3.8) is 0 Å². The predicted octanol–water partition coefficient (Wildman–Crippen LogP) is 2.69. The first-order chi connectivity index (χ1) is 9.51. The van der Waals surface area contributed by atoms with Crippen molar-refractivity contribution < 1.29 is 9.47 Å². The summed E-state index contributed by atoms with van der Waals surface area (Å²) in [6.07, 6.45) is 3.30. The molecule has 106 valence electrons. The van der Waals surface area contributed by atoms with E-state index in [0.29, 0.717) is 29.0 Å². The van der Waals surface area contributed by atoms with Crippen molar-refractivity contribution in [2.45, 2.75) is 26.7 Å². The van der Waals surface area contributed by atoms with Crippen LogP contribution in [0.2, 0.25) is 0 Å². The zero-order valence-electron chi connectivity index (χ0n) is 12.0. The molecule has 0 unspecified atom stereocenters. The molecule has 6 nitrogen and oxygen atoms in total. The van der Waals surface area contributed by atoms with Gasteiger partial charge in [0.25, 0.3) is 0 Å². The van der Waals surface area contributed by atoms with Crippen LogP contribution in [0.15, 0.2) is 18.5 Å². The van der Waals surface area contributed by atoms with E-state index in [4.69, 9.17) is 15.2 Å². The van der Waals surface area contributed by atoms with E-state index in [2.05, 4.69) is 28.8 Å². The van der Waals surface area contributed by atoms with Crippen molar-refractivity contribution in [3.8, 4) is 17.4 Å². The van der Waals surface area contributed by atoms with Gasteiger partial charge in [0.15, 0.2) is 11.6 Å². The molecule has 0 aliphatic heterocycles. The molecular formula is C14H18N4O2. The van der Waals surface area contributed by atoms with Gasteiger partial charge in [0.1, 0.15) is 11.6 Å². The summed E-state index contributed by atoms with van der Waals surface area (Å²) in [6.45, 7) is 5.89. The molecule has 2 rings (SSSR count). The standard InChI is InChI=1S/C14H18N4O2/c1-8(2)10-6-17-13(19-4)5-11(10)20-12-7-16-9(3)18-14(12)15/h5-8H,1-4H3,(H2,15,16,18). The molecule has 0 aliphatic rings. The number of methoxy groups -OCH3 is 1. The molecule has 2 heterocycles. The fourth-order valence-corrected chi connectivity index (χ4v) is 1.74. The average Bonchev–Trinajstić information content (AvgIpc) is 2.41. The first kappa shape index (κ1) is 14.0. The maximum Gasteiger partial charge on any atom is 0.216 e. The van der Waals surface area contributed by atoms with Gasteiger partial charge in [0.2, 0.25) is 5.88 Å². The molecular weight excluding hydrogens is 256 g/mol. The van der Waals surface area contributed by atoms with Crippen LogP contribution in [0.1, 0.15) is 31.2 Å². The maximum atomic E-state index is 5.84. The number of aromatic nitrogens is 3. The number of pyridine rings is 1. The Kier molecular flexibility index (Phi) is 4.02. The summed E-state index contributed by atoms with van der Waals surface area (Å²) in [4.78, 5) is 12.4. The molecule has 0 amide bonds. The van der Waals surface area contributed by atoms with Crippen molar-refractivity contribution in [2.24, 2.45) is 0 Å². The molecule has 0 fully saturated rings. The minimum atomic E-state index is 0.260. The lowest BCUT2D eigenvalue weighted by Gasteiger charge is -2.14. The minimum Gasteiger partial charge on any atom is -0.481 e. The minimum absolute atomic E-state index is 0.260. The van der Waals surface area contributed by atoms with Gasteiger partial charge in [-0.25, -0.2) is 15.0 Å². The molecule has 2 N–H and O–H groups in total. The normalized spacial score (nSPS) is 10.7. The molecule has 0 spiro atoms. The Balaban J connectivity index is 2.40. The summed E-state index contributed by atoms with van der Waals surface area (Å²) >= 11 is 0. The largest absolute Gasteiger partial charge is 0.481 e. The molecule has 6 heteroatoms. The second kappa shape index (κ2) is 5.73. The number of nitrogens with two attached hydrogens (primary N) is 1. The van der Waals surface area contributed by atoms with Gasteiger partial charge < -0.3 is 15.2 Å². The third-order valence-corrected chi connectivity index (χ3v) is 2.82. The number of ether oxygens (including phenoxy) is 2. The molecule has 0 bridgehead atoms. The number of hydrogen-bond donors (Lipinski definition) is 1. The predicted molar refractivity (Wildman–Crippen MR) is 76.1 cm³/mol. The Morgan fingerprint density at radius 2 is 1.90 bits per heavy atom. The highest BCUT2D eigenvalue weighted by Crippen LogP contribution is 2.33. The summed E-state index contributed by atoms with van der Waals surface area (Å²) in [5, 5.41) is 0. The lowest BCUT2D eigenvalue weighted by Crippen LogP contribution is -2.02. The summed E-state index contributed by atoms with van der Waals surface area (Å²) in [5.41, 5.74) is 6.81. The molecule has 0 aliphatic carbocycles. The van der Waals surface area contributed by atoms with Crippen LogP contribution in [0.5, 0.6) is 17.4 Å². The van der Waals surface area contributed by atoms with Crippen LogP contribution >= 0.6 is 0 Å². The number of rotatable bonds is 4.